The fourth-order valence-corrected chi connectivity index (χ4v) is 1.82. The topological polar surface area (TPSA) is 70.6 Å². The maximum Gasteiger partial charge on any atom is 0.181 e. The van der Waals surface area contributed by atoms with Crippen LogP contribution >= 0.6 is 0 Å². The van der Waals surface area contributed by atoms with E-state index in [0.29, 0.717) is 6.54 Å². The number of oxime groups is 1. The van der Waals surface area contributed by atoms with Gasteiger partial charge in [-0.1, -0.05) is 31.5 Å². The van der Waals surface area contributed by atoms with Crippen LogP contribution in [0.4, 0.5) is 14.5 Å². The van der Waals surface area contributed by atoms with E-state index in [1.807, 2.05) is 13.8 Å². The molecule has 0 aliphatic rings. The van der Waals surface area contributed by atoms with Crippen LogP contribution in [0.1, 0.15) is 33.1 Å². The minimum atomic E-state index is -0.858. The molecular weight excluding hydrogens is 264 g/mol. The number of unbranched alkanes of at least 4 members (excludes halogenated alkanes) is 1. The summed E-state index contributed by atoms with van der Waals surface area (Å²) < 4.78 is 26.3. The smallest absolute Gasteiger partial charge is 0.181 e. The summed E-state index contributed by atoms with van der Waals surface area (Å²) in [7, 11) is 0. The van der Waals surface area contributed by atoms with Crippen LogP contribution in [0.25, 0.3) is 0 Å². The maximum atomic E-state index is 13.4. The highest BCUT2D eigenvalue weighted by Crippen LogP contribution is 2.23. The number of nitrogens with one attached hydrogen (secondary N) is 1. The highest BCUT2D eigenvalue weighted by atomic mass is 19.2. The van der Waals surface area contributed by atoms with Crippen molar-refractivity contribution in [2.75, 3.05) is 11.9 Å². The van der Waals surface area contributed by atoms with Crippen molar-refractivity contribution in [3.8, 4) is 0 Å². The van der Waals surface area contributed by atoms with Gasteiger partial charge in [-0.15, -0.1) is 0 Å². The first-order valence-electron chi connectivity index (χ1n) is 6.54. The third-order valence-electron chi connectivity index (χ3n) is 3.30. The molecule has 112 valence electrons. The lowest BCUT2D eigenvalue weighted by molar-refractivity contribution is 0.304. The summed E-state index contributed by atoms with van der Waals surface area (Å²) in [4.78, 5) is 0. The van der Waals surface area contributed by atoms with Crippen LogP contribution in [0, 0.1) is 17.0 Å². The predicted octanol–water partition coefficient (Wildman–Crippen LogP) is 3.32. The van der Waals surface area contributed by atoms with E-state index in [1.165, 1.54) is 12.1 Å². The maximum absolute atomic E-state index is 13.4. The molecule has 1 aromatic carbocycles. The van der Waals surface area contributed by atoms with Gasteiger partial charge < -0.3 is 16.3 Å². The second-order valence-electron chi connectivity index (χ2n) is 5.35. The van der Waals surface area contributed by atoms with Crippen LogP contribution in [0.5, 0.6) is 0 Å². The van der Waals surface area contributed by atoms with Gasteiger partial charge >= 0.3 is 0 Å². The number of benzene rings is 1. The van der Waals surface area contributed by atoms with Gasteiger partial charge in [0, 0.05) is 12.0 Å². The van der Waals surface area contributed by atoms with Gasteiger partial charge in [0.2, 0.25) is 0 Å². The fraction of sp³-hybridized carbons (Fsp3) is 0.500. The molecule has 0 radical (unpaired) electrons. The Labute approximate surface area is 117 Å². The van der Waals surface area contributed by atoms with Gasteiger partial charge in [0.1, 0.15) is 5.84 Å². The van der Waals surface area contributed by atoms with Crippen LogP contribution in [-0.2, 0) is 0 Å². The molecule has 0 amide bonds. The molecule has 0 heterocycles. The number of hydrogen-bond donors (Lipinski definition) is 3. The molecule has 0 atom stereocenters. The lowest BCUT2D eigenvalue weighted by Crippen LogP contribution is -2.31. The predicted molar refractivity (Wildman–Crippen MR) is 75.9 cm³/mol. The third-order valence-corrected chi connectivity index (χ3v) is 3.30. The average molecular weight is 285 g/mol. The number of nitrogens with zero attached hydrogens (tertiary/aromatic N) is 1. The zero-order valence-electron chi connectivity index (χ0n) is 11.8. The second kappa shape index (κ2) is 7.07. The van der Waals surface area contributed by atoms with E-state index in [4.69, 9.17) is 10.9 Å². The summed E-state index contributed by atoms with van der Waals surface area (Å²) in [5.74, 6) is -1.52. The number of halogens is 2. The Hall–Kier alpha value is -1.85. The Balaban J connectivity index is 2.34. The number of nitrogens with two attached hydrogens (primary N) is 1. The molecule has 0 fully saturated rings. The number of amidine groups is 1. The van der Waals surface area contributed by atoms with Crippen molar-refractivity contribution < 1.29 is 14.0 Å². The largest absolute Gasteiger partial charge is 0.409 e. The first-order chi connectivity index (χ1) is 9.38. The zero-order chi connectivity index (χ0) is 15.2. The van der Waals surface area contributed by atoms with Gasteiger partial charge in [0.05, 0.1) is 5.69 Å². The summed E-state index contributed by atoms with van der Waals surface area (Å²) >= 11 is 0. The van der Waals surface area contributed by atoms with E-state index >= 15 is 0 Å². The summed E-state index contributed by atoms with van der Waals surface area (Å²) in [5.41, 5.74) is 5.38. The van der Waals surface area contributed by atoms with Crippen molar-refractivity contribution >= 4 is 11.5 Å². The van der Waals surface area contributed by atoms with Crippen molar-refractivity contribution in [2.24, 2.45) is 16.3 Å². The lowest BCUT2D eigenvalue weighted by atomic mass is 9.86. The molecule has 0 spiro atoms. The molecule has 0 saturated carbocycles. The lowest BCUT2D eigenvalue weighted by Gasteiger charge is -2.22. The Morgan fingerprint density at radius 1 is 1.35 bits per heavy atom. The SMILES string of the molecule is CC(C)(CCCCNc1cccc(F)c1F)/C(N)=N/O. The van der Waals surface area contributed by atoms with Crippen molar-refractivity contribution in [2.45, 2.75) is 33.1 Å². The van der Waals surface area contributed by atoms with E-state index in [9.17, 15) is 8.78 Å². The molecule has 0 bridgehead atoms. The van der Waals surface area contributed by atoms with Crippen molar-refractivity contribution in [3.05, 3.63) is 29.8 Å². The van der Waals surface area contributed by atoms with Gasteiger partial charge in [-0.25, -0.2) is 8.78 Å². The molecule has 20 heavy (non-hydrogen) atoms. The average Bonchev–Trinajstić information content (AvgIpc) is 2.41. The highest BCUT2D eigenvalue weighted by Gasteiger charge is 2.22. The minimum Gasteiger partial charge on any atom is -0.409 e. The van der Waals surface area contributed by atoms with Crippen LogP contribution in [0.3, 0.4) is 0 Å². The van der Waals surface area contributed by atoms with Gasteiger partial charge in [-0.05, 0) is 25.0 Å². The second-order valence-corrected chi connectivity index (χ2v) is 5.35. The molecule has 1 aromatic rings. The molecule has 0 aliphatic heterocycles. The molecular formula is C14H21F2N3O. The Morgan fingerprint density at radius 2 is 2.05 bits per heavy atom. The van der Waals surface area contributed by atoms with Crippen LogP contribution in [0.2, 0.25) is 0 Å². The summed E-state index contributed by atoms with van der Waals surface area (Å²) in [5, 5.41) is 14.5. The monoisotopic (exact) mass is 285 g/mol. The normalized spacial score (nSPS) is 12.5. The summed E-state index contributed by atoms with van der Waals surface area (Å²) in [6.07, 6.45) is 2.35. The highest BCUT2D eigenvalue weighted by molar-refractivity contribution is 5.85. The number of rotatable bonds is 7. The van der Waals surface area contributed by atoms with E-state index in [-0.39, 0.29) is 16.9 Å². The molecule has 6 heteroatoms. The van der Waals surface area contributed by atoms with Gasteiger partial charge in [-0.2, -0.15) is 0 Å². The third kappa shape index (κ3) is 4.36. The van der Waals surface area contributed by atoms with Crippen LogP contribution in [0.15, 0.2) is 23.4 Å². The van der Waals surface area contributed by atoms with E-state index in [0.717, 1.165) is 25.3 Å². The Morgan fingerprint density at radius 3 is 2.70 bits per heavy atom. The quantitative estimate of drug-likeness (QED) is 0.237. The first kappa shape index (κ1) is 16.2. The number of anilines is 1. The van der Waals surface area contributed by atoms with Crippen molar-refractivity contribution in [3.63, 3.8) is 0 Å². The van der Waals surface area contributed by atoms with Crippen molar-refractivity contribution in [1.29, 1.82) is 0 Å². The van der Waals surface area contributed by atoms with E-state index in [2.05, 4.69) is 10.5 Å². The summed E-state index contributed by atoms with van der Waals surface area (Å²) in [6, 6.07) is 4.04. The zero-order valence-corrected chi connectivity index (χ0v) is 11.8. The Bertz CT molecular complexity index is 475. The van der Waals surface area contributed by atoms with E-state index < -0.39 is 11.6 Å². The molecule has 4 N–H and O–H groups in total. The standard InChI is InChI=1S/C14H21F2N3O/c1-14(2,13(17)19-20)8-3-4-9-18-11-7-5-6-10(15)12(11)16/h5-7,18,20H,3-4,8-9H2,1-2H3,(H2,17,19). The minimum absolute atomic E-state index is 0.167. The number of hydrogen-bond acceptors (Lipinski definition) is 3. The molecule has 1 rings (SSSR count). The van der Waals surface area contributed by atoms with Crippen LogP contribution < -0.4 is 11.1 Å². The molecule has 0 unspecified atom stereocenters. The van der Waals surface area contributed by atoms with Crippen molar-refractivity contribution in [1.82, 2.24) is 0 Å². The fourth-order valence-electron chi connectivity index (χ4n) is 1.82. The molecule has 0 aliphatic carbocycles. The van der Waals surface area contributed by atoms with Gasteiger partial charge in [-0.3, -0.25) is 0 Å². The van der Waals surface area contributed by atoms with Gasteiger partial charge in [0.15, 0.2) is 11.6 Å². The van der Waals surface area contributed by atoms with E-state index in [1.54, 1.807) is 0 Å². The molecule has 0 saturated heterocycles. The van der Waals surface area contributed by atoms with Gasteiger partial charge in [0.25, 0.3) is 0 Å². The molecule has 0 aromatic heterocycles. The van der Waals surface area contributed by atoms with Crippen LogP contribution in [-0.4, -0.2) is 17.6 Å². The first-order valence-corrected chi connectivity index (χ1v) is 6.54. The summed E-state index contributed by atoms with van der Waals surface area (Å²) in [6.45, 7) is 4.32. The molecule has 4 nitrogen and oxygen atoms in total. The Kier molecular flexibility index (Phi) is 5.73.